The van der Waals surface area contributed by atoms with Gasteiger partial charge in [-0.1, -0.05) is 80.6 Å². The Morgan fingerprint density at radius 1 is 0.382 bits per heavy atom. The zero-order valence-corrected chi connectivity index (χ0v) is 22.7. The van der Waals surface area contributed by atoms with Gasteiger partial charge in [-0.15, -0.1) is 0 Å². The van der Waals surface area contributed by atoms with Crippen molar-refractivity contribution in [1.29, 1.82) is 0 Å². The first kappa shape index (κ1) is 28.7. The van der Waals surface area contributed by atoms with Crippen LogP contribution < -0.4 is 0 Å². The molecule has 0 atom stereocenters. The molecule has 0 fully saturated rings. The molecule has 0 saturated heterocycles. The number of hydrogen-bond donors (Lipinski definition) is 0. The van der Waals surface area contributed by atoms with Crippen LogP contribution in [0.2, 0.25) is 0 Å². The van der Waals surface area contributed by atoms with Crippen molar-refractivity contribution >= 4 is 0 Å². The number of nitrogens with zero attached hydrogens (tertiary/aromatic N) is 3. The van der Waals surface area contributed by atoms with Crippen molar-refractivity contribution in [2.75, 3.05) is 0 Å². The molecule has 0 aliphatic carbocycles. The maximum Gasteiger partial charge on any atom is 0.163 e. The molecule has 0 saturated carbocycles. The molecule has 34 heavy (non-hydrogen) atoms. The van der Waals surface area contributed by atoms with Crippen LogP contribution in [0.1, 0.15) is 58.9 Å². The Labute approximate surface area is 207 Å². The van der Waals surface area contributed by atoms with E-state index in [-0.39, 0.29) is 0 Å². The third kappa shape index (κ3) is 8.55. The van der Waals surface area contributed by atoms with Gasteiger partial charge in [-0.3, -0.25) is 0 Å². The molecule has 3 heteroatoms. The van der Waals surface area contributed by atoms with Crippen LogP contribution in [0.25, 0.3) is 11.4 Å². The number of aromatic nitrogens is 3. The highest BCUT2D eigenvalue weighted by molar-refractivity contribution is 5.54. The summed E-state index contributed by atoms with van der Waals surface area (Å²) in [6, 6.07) is 21.9. The number of hydrogen-bond acceptors (Lipinski definition) is 3. The van der Waals surface area contributed by atoms with E-state index in [1.54, 1.807) is 0 Å². The van der Waals surface area contributed by atoms with Crippen molar-refractivity contribution < 1.29 is 0 Å². The summed E-state index contributed by atoms with van der Waals surface area (Å²) in [6.45, 7) is 21.0. The summed E-state index contributed by atoms with van der Waals surface area (Å²) in [5, 5.41) is 0. The fourth-order valence-electron chi connectivity index (χ4n) is 3.40. The van der Waals surface area contributed by atoms with Gasteiger partial charge in [0.25, 0.3) is 0 Å². The van der Waals surface area contributed by atoms with Gasteiger partial charge in [-0.2, -0.15) is 0 Å². The normalized spacial score (nSPS) is 9.47. The molecule has 180 valence electrons. The van der Waals surface area contributed by atoms with Crippen LogP contribution in [0.15, 0.2) is 66.7 Å². The van der Waals surface area contributed by atoms with Crippen molar-refractivity contribution in [3.63, 3.8) is 0 Å². The molecule has 0 aliphatic heterocycles. The molecule has 3 aromatic carbocycles. The summed E-state index contributed by atoms with van der Waals surface area (Å²) in [7, 11) is 0. The Bertz CT molecular complexity index is 982. The van der Waals surface area contributed by atoms with E-state index in [2.05, 4.69) is 56.5 Å². The smallest absolute Gasteiger partial charge is 0.163 e. The molecular weight excluding hydrogens is 414 g/mol. The average Bonchev–Trinajstić information content (AvgIpc) is 2.88. The predicted octanol–water partition coefficient (Wildman–Crippen LogP) is 8.41. The van der Waals surface area contributed by atoms with E-state index >= 15 is 0 Å². The lowest BCUT2D eigenvalue weighted by molar-refractivity contribution is 0.928. The summed E-state index contributed by atoms with van der Waals surface area (Å²) in [5.41, 5.74) is 9.75. The molecule has 0 radical (unpaired) electrons. The average molecular weight is 456 g/mol. The maximum atomic E-state index is 4.28. The van der Waals surface area contributed by atoms with Gasteiger partial charge in [0.1, 0.15) is 11.6 Å². The largest absolute Gasteiger partial charge is 0.219 e. The van der Waals surface area contributed by atoms with Crippen LogP contribution in [-0.2, 0) is 0 Å². The minimum Gasteiger partial charge on any atom is -0.219 e. The highest BCUT2D eigenvalue weighted by atomic mass is 15.0. The van der Waals surface area contributed by atoms with Gasteiger partial charge in [0.05, 0.1) is 0 Å². The van der Waals surface area contributed by atoms with E-state index in [4.69, 9.17) is 0 Å². The van der Waals surface area contributed by atoms with E-state index in [0.717, 1.165) is 23.0 Å². The van der Waals surface area contributed by atoms with E-state index in [9.17, 15) is 0 Å². The summed E-state index contributed by atoms with van der Waals surface area (Å²) in [5.74, 6) is 2.27. The third-order valence-electron chi connectivity index (χ3n) is 5.93. The molecule has 3 nitrogen and oxygen atoms in total. The van der Waals surface area contributed by atoms with Crippen molar-refractivity contribution in [2.45, 2.75) is 69.2 Å². The Morgan fingerprint density at radius 2 is 0.647 bits per heavy atom. The quantitative estimate of drug-likeness (QED) is 0.289. The first-order valence-corrected chi connectivity index (χ1v) is 12.0. The lowest BCUT2D eigenvalue weighted by atomic mass is 9.90. The van der Waals surface area contributed by atoms with Gasteiger partial charge in [0.2, 0.25) is 0 Å². The second-order valence-electron chi connectivity index (χ2n) is 8.02. The highest BCUT2D eigenvalue weighted by Crippen LogP contribution is 2.24. The SMILES string of the molecule is CC.Cc1c(C)c(C)c(C)c(C)c1C.Cc1nc(C)nc(-c2ccccc2)n1.c1ccccc1. The molecule has 0 bridgehead atoms. The van der Waals surface area contributed by atoms with E-state index in [1.807, 2.05) is 94.4 Å². The van der Waals surface area contributed by atoms with Crippen molar-refractivity contribution in [2.24, 2.45) is 0 Å². The molecule has 0 aliphatic rings. The van der Waals surface area contributed by atoms with Crippen LogP contribution in [0.5, 0.6) is 0 Å². The van der Waals surface area contributed by atoms with Crippen molar-refractivity contribution in [3.05, 3.63) is 112 Å². The molecule has 0 N–H and O–H groups in total. The third-order valence-corrected chi connectivity index (χ3v) is 5.93. The second kappa shape index (κ2) is 14.7. The molecule has 1 aromatic heterocycles. The van der Waals surface area contributed by atoms with Crippen LogP contribution in [0, 0.1) is 55.4 Å². The fourth-order valence-corrected chi connectivity index (χ4v) is 3.40. The first-order chi connectivity index (χ1) is 16.2. The highest BCUT2D eigenvalue weighted by Gasteiger charge is 2.07. The topological polar surface area (TPSA) is 38.7 Å². The van der Waals surface area contributed by atoms with Gasteiger partial charge in [-0.05, 0) is 88.8 Å². The maximum absolute atomic E-state index is 4.28. The predicted molar refractivity (Wildman–Crippen MR) is 147 cm³/mol. The summed E-state index contributed by atoms with van der Waals surface area (Å²) >= 11 is 0. The van der Waals surface area contributed by atoms with Crippen molar-refractivity contribution in [1.82, 2.24) is 15.0 Å². The lowest BCUT2D eigenvalue weighted by Gasteiger charge is -2.15. The minimum atomic E-state index is 0.746. The van der Waals surface area contributed by atoms with Gasteiger partial charge in [0, 0.05) is 5.56 Å². The van der Waals surface area contributed by atoms with Gasteiger partial charge in [0.15, 0.2) is 5.82 Å². The second-order valence-corrected chi connectivity index (χ2v) is 8.02. The molecule has 4 rings (SSSR count). The number of rotatable bonds is 1. The van der Waals surface area contributed by atoms with Crippen LogP contribution >= 0.6 is 0 Å². The van der Waals surface area contributed by atoms with Gasteiger partial charge < -0.3 is 0 Å². The number of aryl methyl sites for hydroxylation is 2. The van der Waals surface area contributed by atoms with E-state index < -0.39 is 0 Å². The van der Waals surface area contributed by atoms with E-state index in [0.29, 0.717) is 0 Å². The molecule has 0 spiro atoms. The van der Waals surface area contributed by atoms with Gasteiger partial charge in [-0.25, -0.2) is 15.0 Å². The molecule has 4 aromatic rings. The number of benzene rings is 3. The Kier molecular flexibility index (Phi) is 12.4. The molecular formula is C31H41N3. The Hall–Kier alpha value is -3.33. The van der Waals surface area contributed by atoms with Crippen molar-refractivity contribution in [3.8, 4) is 11.4 Å². The Morgan fingerprint density at radius 3 is 0.941 bits per heavy atom. The van der Waals surface area contributed by atoms with Crippen LogP contribution in [0.4, 0.5) is 0 Å². The summed E-state index contributed by atoms with van der Waals surface area (Å²) in [6.07, 6.45) is 0. The first-order valence-electron chi connectivity index (χ1n) is 12.0. The molecule has 1 heterocycles. The molecule has 0 unspecified atom stereocenters. The summed E-state index contributed by atoms with van der Waals surface area (Å²) < 4.78 is 0. The monoisotopic (exact) mass is 455 g/mol. The zero-order valence-electron chi connectivity index (χ0n) is 22.7. The lowest BCUT2D eigenvalue weighted by Crippen LogP contribution is -1.98. The minimum absolute atomic E-state index is 0.746. The standard InChI is InChI=1S/C12H18.C11H11N3.C6H6.C2H6/c1-7-8(2)10(4)12(6)11(5)9(7)3;1-8-12-9(2)14-11(13-8)10-6-4-3-5-7-10;1-2-4-6-5-3-1;1-2/h1-6H3;3-7H,1-2H3;1-6H;1-2H3. The fraction of sp³-hybridized carbons (Fsp3) is 0.323. The summed E-state index contributed by atoms with van der Waals surface area (Å²) in [4.78, 5) is 12.7. The molecule has 0 amide bonds. The zero-order chi connectivity index (χ0) is 25.7. The van der Waals surface area contributed by atoms with Crippen LogP contribution in [0.3, 0.4) is 0 Å². The Balaban J connectivity index is 0.000000262. The van der Waals surface area contributed by atoms with E-state index in [1.165, 1.54) is 33.4 Å². The van der Waals surface area contributed by atoms with Crippen LogP contribution in [-0.4, -0.2) is 15.0 Å². The van der Waals surface area contributed by atoms with Gasteiger partial charge >= 0.3 is 0 Å².